The van der Waals surface area contributed by atoms with Crippen molar-refractivity contribution in [3.05, 3.63) is 74.0 Å². The van der Waals surface area contributed by atoms with Crippen LogP contribution in [-0.4, -0.2) is 11.6 Å². The predicted octanol–water partition coefficient (Wildman–Crippen LogP) is 7.36. The van der Waals surface area contributed by atoms with Crippen molar-refractivity contribution >= 4 is 31.9 Å². The Bertz CT molecular complexity index is 727. The van der Waals surface area contributed by atoms with Crippen LogP contribution in [0.4, 0.5) is 0 Å². The lowest BCUT2D eigenvalue weighted by atomic mass is 10.1. The number of rotatable bonds is 6. The van der Waals surface area contributed by atoms with Gasteiger partial charge in [-0.1, -0.05) is 28.1 Å². The van der Waals surface area contributed by atoms with Crippen molar-refractivity contribution in [2.24, 2.45) is 0 Å². The third kappa shape index (κ3) is 8.84. The predicted molar refractivity (Wildman–Crippen MR) is 118 cm³/mol. The van der Waals surface area contributed by atoms with Gasteiger partial charge >= 0.3 is 0 Å². The van der Waals surface area contributed by atoms with Crippen LogP contribution in [0.15, 0.2) is 57.2 Å². The van der Waals surface area contributed by atoms with Crippen LogP contribution in [0.1, 0.15) is 43.5 Å². The van der Waals surface area contributed by atoms with E-state index in [2.05, 4.69) is 79.8 Å². The Morgan fingerprint density at radius 2 is 1.69 bits per heavy atom. The van der Waals surface area contributed by atoms with E-state index in [1.165, 1.54) is 11.1 Å². The molecule has 0 spiro atoms. The van der Waals surface area contributed by atoms with Gasteiger partial charge in [0, 0.05) is 10.2 Å². The second kappa shape index (κ2) is 12.9. The van der Waals surface area contributed by atoms with Gasteiger partial charge < -0.3 is 4.74 Å². The molecule has 140 valence electrons. The maximum atomic E-state index is 5.76. The molecule has 0 unspecified atom stereocenters. The number of hydrogen-bond acceptors (Lipinski definition) is 2. The Hall–Kier alpha value is -1.35. The monoisotopic (exact) mass is 479 g/mol. The summed E-state index contributed by atoms with van der Waals surface area (Å²) in [5, 5.41) is 0. The normalized spacial score (nSPS) is 9.62. The van der Waals surface area contributed by atoms with Crippen LogP contribution in [0.3, 0.4) is 0 Å². The fraction of sp³-hybridized carbons (Fsp3) is 0.364. The number of halogens is 2. The highest BCUT2D eigenvalue weighted by Gasteiger charge is 2.05. The number of aromatic nitrogens is 1. The molecule has 1 aromatic heterocycles. The first-order valence-corrected chi connectivity index (χ1v) is 10.4. The minimum Gasteiger partial charge on any atom is -0.477 e. The number of hydrogen-bond donors (Lipinski definition) is 0. The topological polar surface area (TPSA) is 22.1 Å². The van der Waals surface area contributed by atoms with Crippen molar-refractivity contribution in [3.8, 4) is 5.88 Å². The first-order chi connectivity index (χ1) is 12.5. The summed E-state index contributed by atoms with van der Waals surface area (Å²) >= 11 is 6.95. The Kier molecular flexibility index (Phi) is 11.3. The molecule has 4 heteroatoms. The molecule has 0 atom stereocenters. The van der Waals surface area contributed by atoms with E-state index in [1.54, 1.807) is 0 Å². The number of ether oxygens (including phenoxy) is 1. The lowest BCUT2D eigenvalue weighted by Crippen LogP contribution is -2.02. The molecule has 2 rings (SSSR count). The van der Waals surface area contributed by atoms with Gasteiger partial charge in [-0.25, -0.2) is 4.98 Å². The Morgan fingerprint density at radius 1 is 1.04 bits per heavy atom. The zero-order chi connectivity index (χ0) is 19.4. The second-order valence-corrected chi connectivity index (χ2v) is 7.62. The minimum absolute atomic E-state index is 0.696. The van der Waals surface area contributed by atoms with E-state index >= 15 is 0 Å². The minimum atomic E-state index is 0.696. The van der Waals surface area contributed by atoms with Crippen LogP contribution < -0.4 is 4.74 Å². The summed E-state index contributed by atoms with van der Waals surface area (Å²) in [6, 6.07) is 10.5. The smallest absolute Gasteiger partial charge is 0.228 e. The Balaban J connectivity index is 0.000000597. The first-order valence-electron chi connectivity index (χ1n) is 8.80. The summed E-state index contributed by atoms with van der Waals surface area (Å²) in [5.74, 6) is 0.696. The maximum absolute atomic E-state index is 5.76. The van der Waals surface area contributed by atoms with E-state index in [1.807, 2.05) is 32.9 Å². The van der Waals surface area contributed by atoms with Crippen molar-refractivity contribution in [2.45, 2.75) is 47.0 Å². The van der Waals surface area contributed by atoms with Crippen LogP contribution in [-0.2, 0) is 6.42 Å². The summed E-state index contributed by atoms with van der Waals surface area (Å²) in [4.78, 5) is 4.46. The second-order valence-electron chi connectivity index (χ2n) is 5.85. The molecule has 26 heavy (non-hydrogen) atoms. The van der Waals surface area contributed by atoms with Crippen molar-refractivity contribution in [1.29, 1.82) is 0 Å². The van der Waals surface area contributed by atoms with Gasteiger partial charge in [-0.2, -0.15) is 0 Å². The number of nitrogens with zero attached hydrogens (tertiary/aromatic N) is 1. The van der Waals surface area contributed by atoms with Crippen LogP contribution in [0.25, 0.3) is 0 Å². The van der Waals surface area contributed by atoms with Crippen molar-refractivity contribution in [2.75, 3.05) is 6.61 Å². The van der Waals surface area contributed by atoms with E-state index < -0.39 is 0 Å². The molecule has 0 saturated carbocycles. The van der Waals surface area contributed by atoms with Gasteiger partial charge in [-0.3, -0.25) is 0 Å². The molecule has 1 heterocycles. The van der Waals surface area contributed by atoms with Gasteiger partial charge in [0.2, 0.25) is 5.88 Å². The first kappa shape index (κ1) is 22.7. The standard InChI is InChI=1S/C17H19Br2NO.C5H8/c1-12-11-16(19)17(20-13(12)2)21-10-4-3-5-14-6-8-15(18)9-7-14;1-3-5-4-2/h6-9,11H,3-5,10H2,1-2H3;3-4H,1-2H3. The maximum Gasteiger partial charge on any atom is 0.228 e. The van der Waals surface area contributed by atoms with E-state index in [0.29, 0.717) is 12.5 Å². The van der Waals surface area contributed by atoms with Crippen LogP contribution in [0.2, 0.25) is 0 Å². The van der Waals surface area contributed by atoms with Gasteiger partial charge in [-0.15, -0.1) is 5.73 Å². The molecule has 0 aliphatic heterocycles. The fourth-order valence-corrected chi connectivity index (χ4v) is 2.98. The molecule has 1 aromatic carbocycles. The van der Waals surface area contributed by atoms with E-state index in [4.69, 9.17) is 4.74 Å². The van der Waals surface area contributed by atoms with Crippen LogP contribution in [0, 0.1) is 13.8 Å². The molecule has 0 fully saturated rings. The van der Waals surface area contributed by atoms with Gasteiger partial charge in [-0.05, 0) is 104 Å². The van der Waals surface area contributed by atoms with Crippen molar-refractivity contribution < 1.29 is 4.74 Å². The van der Waals surface area contributed by atoms with E-state index in [9.17, 15) is 0 Å². The molecule has 0 amide bonds. The highest BCUT2D eigenvalue weighted by Crippen LogP contribution is 2.25. The van der Waals surface area contributed by atoms with E-state index in [-0.39, 0.29) is 0 Å². The summed E-state index contributed by atoms with van der Waals surface area (Å²) < 4.78 is 7.82. The summed E-state index contributed by atoms with van der Waals surface area (Å²) in [5.41, 5.74) is 6.41. The Labute approximate surface area is 174 Å². The molecule has 0 aliphatic carbocycles. The molecule has 2 nitrogen and oxygen atoms in total. The highest BCUT2D eigenvalue weighted by atomic mass is 79.9. The van der Waals surface area contributed by atoms with Crippen molar-refractivity contribution in [1.82, 2.24) is 4.98 Å². The quantitative estimate of drug-likeness (QED) is 0.318. The third-order valence-electron chi connectivity index (χ3n) is 3.73. The van der Waals surface area contributed by atoms with Gasteiger partial charge in [0.25, 0.3) is 0 Å². The SMILES string of the molecule is CC=C=CC.Cc1cc(Br)c(OCCCCc2ccc(Br)cc2)nc1C. The lowest BCUT2D eigenvalue weighted by Gasteiger charge is -2.09. The van der Waals surface area contributed by atoms with Crippen LogP contribution >= 0.6 is 31.9 Å². The average Bonchev–Trinajstić information content (AvgIpc) is 2.62. The van der Waals surface area contributed by atoms with E-state index in [0.717, 1.165) is 33.9 Å². The largest absolute Gasteiger partial charge is 0.477 e. The molecular formula is C22H27Br2NO. The molecule has 0 radical (unpaired) electrons. The van der Waals surface area contributed by atoms with Gasteiger partial charge in [0.1, 0.15) is 0 Å². The number of aryl methyl sites for hydroxylation is 3. The third-order valence-corrected chi connectivity index (χ3v) is 4.83. The average molecular weight is 481 g/mol. The molecule has 0 saturated heterocycles. The number of allylic oxidation sites excluding steroid dienone is 1. The van der Waals surface area contributed by atoms with Crippen molar-refractivity contribution in [3.63, 3.8) is 0 Å². The fourth-order valence-electron chi connectivity index (χ4n) is 2.17. The zero-order valence-corrected chi connectivity index (χ0v) is 19.2. The summed E-state index contributed by atoms with van der Waals surface area (Å²) in [6.07, 6.45) is 6.97. The lowest BCUT2D eigenvalue weighted by molar-refractivity contribution is 0.293. The molecule has 0 bridgehead atoms. The van der Waals surface area contributed by atoms with Crippen LogP contribution in [0.5, 0.6) is 5.88 Å². The highest BCUT2D eigenvalue weighted by molar-refractivity contribution is 9.10. The number of unbranched alkanes of at least 4 members (excludes halogenated alkanes) is 1. The van der Waals surface area contributed by atoms with Gasteiger partial charge in [0.05, 0.1) is 11.1 Å². The molecular weight excluding hydrogens is 454 g/mol. The molecule has 0 N–H and O–H groups in total. The summed E-state index contributed by atoms with van der Waals surface area (Å²) in [6.45, 7) is 8.64. The zero-order valence-electron chi connectivity index (χ0n) is 16.0. The van der Waals surface area contributed by atoms with Gasteiger partial charge in [0.15, 0.2) is 0 Å². The Morgan fingerprint density at radius 3 is 2.27 bits per heavy atom. The summed E-state index contributed by atoms with van der Waals surface area (Å²) in [7, 11) is 0. The number of benzene rings is 1. The molecule has 2 aromatic rings. The molecule has 0 aliphatic rings. The number of pyridine rings is 1.